The molecule has 0 fully saturated rings. The van der Waals surface area contributed by atoms with Crippen molar-refractivity contribution in [3.05, 3.63) is 65.4 Å². The molecular formula is C24H28N4O5S. The van der Waals surface area contributed by atoms with E-state index in [4.69, 9.17) is 9.47 Å². The van der Waals surface area contributed by atoms with E-state index in [1.54, 1.807) is 14.2 Å². The molecule has 180 valence electrons. The lowest BCUT2D eigenvalue weighted by Crippen LogP contribution is -2.26. The van der Waals surface area contributed by atoms with Crippen molar-refractivity contribution in [2.45, 2.75) is 31.8 Å². The molecule has 1 amide bonds. The first kappa shape index (κ1) is 25.1. The van der Waals surface area contributed by atoms with Crippen LogP contribution in [0.1, 0.15) is 23.7 Å². The number of aliphatic hydroxyl groups excluding tert-OH is 1. The van der Waals surface area contributed by atoms with Crippen molar-refractivity contribution in [2.24, 2.45) is 0 Å². The second-order valence-electron chi connectivity index (χ2n) is 7.22. The lowest BCUT2D eigenvalue weighted by atomic mass is 10.1. The Morgan fingerprint density at radius 1 is 0.971 bits per heavy atom. The van der Waals surface area contributed by atoms with E-state index >= 15 is 0 Å². The fourth-order valence-corrected chi connectivity index (χ4v) is 3.94. The van der Waals surface area contributed by atoms with E-state index in [1.807, 2.05) is 60.4 Å². The van der Waals surface area contributed by atoms with Crippen LogP contribution in [0, 0.1) is 0 Å². The molecule has 34 heavy (non-hydrogen) atoms. The third-order valence-electron chi connectivity index (χ3n) is 4.96. The van der Waals surface area contributed by atoms with Crippen molar-refractivity contribution >= 4 is 29.4 Å². The SMILES string of the molecule is CCSc1nc(CO)c(NC(=O)O)c(N(Cc2ccc(OC)cc2)Cc2ccc(OC)cc2)n1. The van der Waals surface area contributed by atoms with Gasteiger partial charge in [-0.2, -0.15) is 0 Å². The van der Waals surface area contributed by atoms with Crippen LogP contribution in [0.3, 0.4) is 0 Å². The number of amides is 1. The molecule has 0 bridgehead atoms. The number of nitrogens with zero attached hydrogens (tertiary/aromatic N) is 3. The third-order valence-corrected chi connectivity index (χ3v) is 5.69. The molecule has 9 nitrogen and oxygen atoms in total. The summed E-state index contributed by atoms with van der Waals surface area (Å²) in [5.74, 6) is 2.60. The summed E-state index contributed by atoms with van der Waals surface area (Å²) in [6, 6.07) is 15.3. The van der Waals surface area contributed by atoms with Crippen LogP contribution in [0.2, 0.25) is 0 Å². The van der Waals surface area contributed by atoms with Gasteiger partial charge in [0.15, 0.2) is 11.0 Å². The summed E-state index contributed by atoms with van der Waals surface area (Å²) < 4.78 is 10.5. The first-order valence-corrected chi connectivity index (χ1v) is 11.6. The van der Waals surface area contributed by atoms with Gasteiger partial charge < -0.3 is 24.6 Å². The number of benzene rings is 2. The van der Waals surface area contributed by atoms with E-state index in [-0.39, 0.29) is 11.4 Å². The number of nitrogens with one attached hydrogen (secondary N) is 1. The Morgan fingerprint density at radius 3 is 1.91 bits per heavy atom. The minimum Gasteiger partial charge on any atom is -0.497 e. The molecule has 0 spiro atoms. The highest BCUT2D eigenvalue weighted by molar-refractivity contribution is 7.99. The van der Waals surface area contributed by atoms with Gasteiger partial charge in [-0.05, 0) is 41.1 Å². The average molecular weight is 485 g/mol. The molecule has 0 aliphatic heterocycles. The zero-order chi connectivity index (χ0) is 24.5. The van der Waals surface area contributed by atoms with Crippen molar-refractivity contribution in [1.82, 2.24) is 9.97 Å². The maximum Gasteiger partial charge on any atom is 0.409 e. The number of aliphatic hydroxyl groups is 1. The number of hydrogen-bond donors (Lipinski definition) is 3. The fourth-order valence-electron chi connectivity index (χ4n) is 3.35. The van der Waals surface area contributed by atoms with Crippen molar-refractivity contribution in [2.75, 3.05) is 30.2 Å². The van der Waals surface area contributed by atoms with E-state index in [0.29, 0.717) is 24.1 Å². The van der Waals surface area contributed by atoms with Crippen LogP contribution < -0.4 is 19.7 Å². The zero-order valence-electron chi connectivity index (χ0n) is 19.3. The fraction of sp³-hybridized carbons (Fsp3) is 0.292. The van der Waals surface area contributed by atoms with Crippen LogP contribution in [0.15, 0.2) is 53.7 Å². The van der Waals surface area contributed by atoms with Crippen LogP contribution in [0.5, 0.6) is 11.5 Å². The summed E-state index contributed by atoms with van der Waals surface area (Å²) in [6.45, 7) is 2.41. The maximum atomic E-state index is 11.6. The van der Waals surface area contributed by atoms with E-state index in [9.17, 15) is 15.0 Å². The van der Waals surface area contributed by atoms with Gasteiger partial charge in [0, 0.05) is 13.1 Å². The quantitative estimate of drug-likeness (QED) is 0.269. The Kier molecular flexibility index (Phi) is 8.94. The molecule has 0 saturated carbocycles. The molecule has 0 aliphatic carbocycles. The predicted octanol–water partition coefficient (Wildman–Crippen LogP) is 4.39. The molecule has 0 unspecified atom stereocenters. The Bertz CT molecular complexity index is 1040. The van der Waals surface area contributed by atoms with Crippen molar-refractivity contribution < 1.29 is 24.5 Å². The average Bonchev–Trinajstić information content (AvgIpc) is 2.85. The van der Waals surface area contributed by atoms with Gasteiger partial charge in [0.1, 0.15) is 17.2 Å². The molecule has 0 saturated heterocycles. The van der Waals surface area contributed by atoms with Gasteiger partial charge in [0.05, 0.1) is 26.5 Å². The summed E-state index contributed by atoms with van der Waals surface area (Å²) in [7, 11) is 3.22. The monoisotopic (exact) mass is 484 g/mol. The van der Waals surface area contributed by atoms with Gasteiger partial charge in [-0.1, -0.05) is 43.0 Å². The highest BCUT2D eigenvalue weighted by atomic mass is 32.2. The third kappa shape index (κ3) is 6.52. The minimum absolute atomic E-state index is 0.164. The highest BCUT2D eigenvalue weighted by Crippen LogP contribution is 2.32. The highest BCUT2D eigenvalue weighted by Gasteiger charge is 2.22. The normalized spacial score (nSPS) is 10.6. The zero-order valence-corrected chi connectivity index (χ0v) is 20.1. The number of anilines is 2. The molecule has 3 aromatic rings. The summed E-state index contributed by atoms with van der Waals surface area (Å²) in [5, 5.41) is 22.3. The molecule has 0 radical (unpaired) electrons. The molecular weight excluding hydrogens is 456 g/mol. The molecule has 0 aliphatic rings. The summed E-state index contributed by atoms with van der Waals surface area (Å²) in [5.41, 5.74) is 2.34. The number of hydrogen-bond acceptors (Lipinski definition) is 8. The smallest absolute Gasteiger partial charge is 0.409 e. The molecule has 2 aromatic carbocycles. The number of carboxylic acid groups (broad SMARTS) is 1. The molecule has 0 atom stereocenters. The van der Waals surface area contributed by atoms with Gasteiger partial charge in [-0.25, -0.2) is 14.8 Å². The Labute approximate surface area is 202 Å². The topological polar surface area (TPSA) is 117 Å². The molecule has 3 N–H and O–H groups in total. The standard InChI is InChI=1S/C24H28N4O5S/c1-4-34-23-25-20(15-29)21(26-24(30)31)22(27-23)28(13-16-5-9-18(32-2)10-6-16)14-17-7-11-19(33-3)12-8-17/h5-12,26,29H,4,13-15H2,1-3H3,(H,30,31). The number of methoxy groups -OCH3 is 2. The van der Waals surface area contributed by atoms with Crippen LogP contribution >= 0.6 is 11.8 Å². The van der Waals surface area contributed by atoms with Crippen LogP contribution in [0.4, 0.5) is 16.3 Å². The van der Waals surface area contributed by atoms with Crippen molar-refractivity contribution in [3.63, 3.8) is 0 Å². The van der Waals surface area contributed by atoms with Crippen molar-refractivity contribution in [3.8, 4) is 11.5 Å². The Hall–Kier alpha value is -3.50. The van der Waals surface area contributed by atoms with Crippen molar-refractivity contribution in [1.29, 1.82) is 0 Å². The Balaban J connectivity index is 2.09. The molecule has 3 rings (SSSR count). The largest absolute Gasteiger partial charge is 0.497 e. The van der Waals surface area contributed by atoms with Crippen LogP contribution in [0.25, 0.3) is 0 Å². The number of carbonyl (C=O) groups is 1. The van der Waals surface area contributed by atoms with Gasteiger partial charge in [-0.15, -0.1) is 0 Å². The van der Waals surface area contributed by atoms with Gasteiger partial charge in [-0.3, -0.25) is 5.32 Å². The number of thioether (sulfide) groups is 1. The second-order valence-corrected chi connectivity index (χ2v) is 8.46. The summed E-state index contributed by atoms with van der Waals surface area (Å²) >= 11 is 1.42. The summed E-state index contributed by atoms with van der Waals surface area (Å²) in [6.07, 6.45) is -1.26. The van der Waals surface area contributed by atoms with Gasteiger partial charge in [0.2, 0.25) is 0 Å². The summed E-state index contributed by atoms with van der Waals surface area (Å²) in [4.78, 5) is 22.6. The number of rotatable bonds is 11. The van der Waals surface area contributed by atoms with Gasteiger partial charge in [0.25, 0.3) is 0 Å². The molecule has 10 heteroatoms. The van der Waals surface area contributed by atoms with E-state index < -0.39 is 12.7 Å². The van der Waals surface area contributed by atoms with Crippen LogP contribution in [-0.2, 0) is 19.7 Å². The molecule has 1 aromatic heterocycles. The van der Waals surface area contributed by atoms with E-state index in [2.05, 4.69) is 15.3 Å². The van der Waals surface area contributed by atoms with Crippen LogP contribution in [-0.4, -0.2) is 46.2 Å². The minimum atomic E-state index is -1.26. The maximum absolute atomic E-state index is 11.6. The van der Waals surface area contributed by atoms with E-state index in [1.165, 1.54) is 11.8 Å². The first-order valence-electron chi connectivity index (χ1n) is 10.6. The number of aromatic nitrogens is 2. The Morgan fingerprint density at radius 2 is 1.50 bits per heavy atom. The van der Waals surface area contributed by atoms with Gasteiger partial charge >= 0.3 is 6.09 Å². The van der Waals surface area contributed by atoms with E-state index in [0.717, 1.165) is 28.4 Å². The first-order chi connectivity index (χ1) is 16.5. The lowest BCUT2D eigenvalue weighted by molar-refractivity contribution is 0.209. The predicted molar refractivity (Wildman–Crippen MR) is 132 cm³/mol. The second kappa shape index (κ2) is 12.1. The lowest BCUT2D eigenvalue weighted by Gasteiger charge is -2.27. The molecule has 1 heterocycles. The number of ether oxygens (including phenoxy) is 2.